The van der Waals surface area contributed by atoms with Gasteiger partial charge >= 0.3 is 0 Å². The molecular weight excluding hydrogens is 426 g/mol. The summed E-state index contributed by atoms with van der Waals surface area (Å²) < 4.78 is 5.74. The number of ether oxygens (including phenoxy) is 1. The number of aliphatic hydroxyl groups is 1. The molecule has 2 atom stereocenters. The summed E-state index contributed by atoms with van der Waals surface area (Å²) in [6.45, 7) is 7.36. The minimum Gasteiger partial charge on any atom is -0.507 e. The van der Waals surface area contributed by atoms with Crippen molar-refractivity contribution in [3.05, 3.63) is 75.8 Å². The third-order valence-electron chi connectivity index (χ3n) is 6.17. The molecule has 168 valence electrons. The molecule has 1 amide bonds. The first kappa shape index (κ1) is 22.6. The molecule has 2 heterocycles. The lowest BCUT2D eigenvalue weighted by Crippen LogP contribution is -2.36. The molecule has 2 fully saturated rings. The number of ketones is 1. The van der Waals surface area contributed by atoms with Gasteiger partial charge in [-0.25, -0.2) is 0 Å². The Morgan fingerprint density at radius 3 is 2.31 bits per heavy atom. The molecule has 4 rings (SSSR count). The number of halogens is 1. The minimum absolute atomic E-state index is 0.0265. The SMILES string of the molecule is CC(C)(C)c1ccc([C@H]2C(=C(O)c3ccc(Cl)cc3)C(=O)C(=O)N2C[C@H]2CCCO2)cc1. The van der Waals surface area contributed by atoms with Crippen LogP contribution in [-0.2, 0) is 19.7 Å². The normalized spacial score (nSPS) is 23.2. The standard InChI is InChI=1S/C26H28ClNO4/c1-26(2,3)18-10-6-16(7-11-18)22-21(23(29)17-8-12-19(27)13-9-17)24(30)25(31)28(22)15-20-5-4-14-32-20/h6-13,20,22,29H,4-5,14-15H2,1-3H3/t20-,22+/m1/s1. The Balaban J connectivity index is 1.81. The maximum Gasteiger partial charge on any atom is 0.295 e. The predicted octanol–water partition coefficient (Wildman–Crippen LogP) is 5.24. The van der Waals surface area contributed by atoms with Crippen LogP contribution in [-0.4, -0.2) is 41.0 Å². The average Bonchev–Trinajstić information content (AvgIpc) is 3.36. The molecule has 0 radical (unpaired) electrons. The maximum atomic E-state index is 13.1. The van der Waals surface area contributed by atoms with Crippen LogP contribution in [0.25, 0.3) is 5.76 Å². The number of benzene rings is 2. The van der Waals surface area contributed by atoms with Crippen LogP contribution < -0.4 is 0 Å². The van der Waals surface area contributed by atoms with Crippen LogP contribution in [0.15, 0.2) is 54.1 Å². The second-order valence-corrected chi connectivity index (χ2v) is 9.90. The lowest BCUT2D eigenvalue weighted by molar-refractivity contribution is -0.140. The summed E-state index contributed by atoms with van der Waals surface area (Å²) in [5.74, 6) is -1.49. The number of hydrogen-bond acceptors (Lipinski definition) is 4. The Kier molecular flexibility index (Phi) is 6.15. The van der Waals surface area contributed by atoms with Crippen LogP contribution in [0.4, 0.5) is 0 Å². The summed E-state index contributed by atoms with van der Waals surface area (Å²) in [4.78, 5) is 27.7. The lowest BCUT2D eigenvalue weighted by Gasteiger charge is -2.28. The van der Waals surface area contributed by atoms with E-state index in [1.165, 1.54) is 0 Å². The monoisotopic (exact) mass is 453 g/mol. The molecule has 2 aromatic rings. The Labute approximate surface area is 193 Å². The van der Waals surface area contributed by atoms with E-state index in [0.717, 1.165) is 24.0 Å². The second kappa shape index (κ2) is 8.72. The van der Waals surface area contributed by atoms with E-state index in [2.05, 4.69) is 20.8 Å². The molecule has 2 aromatic carbocycles. The molecule has 2 saturated heterocycles. The molecule has 0 bridgehead atoms. The van der Waals surface area contributed by atoms with Crippen molar-refractivity contribution in [3.63, 3.8) is 0 Å². The van der Waals surface area contributed by atoms with E-state index in [9.17, 15) is 14.7 Å². The van der Waals surface area contributed by atoms with Crippen molar-refractivity contribution in [2.45, 2.75) is 51.2 Å². The highest BCUT2D eigenvalue weighted by Crippen LogP contribution is 2.40. The number of Topliss-reactive ketones (excluding diaryl/α,β-unsaturated/α-hetero) is 1. The first-order valence-corrected chi connectivity index (χ1v) is 11.3. The van der Waals surface area contributed by atoms with Crippen molar-refractivity contribution < 1.29 is 19.4 Å². The van der Waals surface area contributed by atoms with E-state index in [-0.39, 0.29) is 22.9 Å². The van der Waals surface area contributed by atoms with Gasteiger partial charge < -0.3 is 14.7 Å². The van der Waals surface area contributed by atoms with E-state index in [1.54, 1.807) is 29.2 Å². The zero-order valence-electron chi connectivity index (χ0n) is 18.6. The maximum absolute atomic E-state index is 13.1. The molecule has 0 spiro atoms. The van der Waals surface area contributed by atoms with E-state index in [0.29, 0.717) is 23.7 Å². The van der Waals surface area contributed by atoms with Gasteiger partial charge in [-0.1, -0.05) is 56.6 Å². The summed E-state index contributed by atoms with van der Waals surface area (Å²) in [5.41, 5.74) is 2.45. The topological polar surface area (TPSA) is 66.8 Å². The van der Waals surface area contributed by atoms with Crippen LogP contribution in [0.2, 0.25) is 5.02 Å². The zero-order valence-corrected chi connectivity index (χ0v) is 19.4. The highest BCUT2D eigenvalue weighted by molar-refractivity contribution is 6.46. The van der Waals surface area contributed by atoms with Gasteiger partial charge in [0.15, 0.2) is 0 Å². The van der Waals surface area contributed by atoms with Gasteiger partial charge in [-0.2, -0.15) is 0 Å². The van der Waals surface area contributed by atoms with Crippen LogP contribution in [0, 0.1) is 0 Å². The lowest BCUT2D eigenvalue weighted by atomic mass is 9.85. The van der Waals surface area contributed by atoms with E-state index < -0.39 is 17.7 Å². The molecule has 32 heavy (non-hydrogen) atoms. The van der Waals surface area contributed by atoms with Crippen LogP contribution in [0.1, 0.15) is 56.3 Å². The average molecular weight is 454 g/mol. The van der Waals surface area contributed by atoms with Crippen molar-refractivity contribution in [1.29, 1.82) is 0 Å². The summed E-state index contributed by atoms with van der Waals surface area (Å²) in [5, 5.41) is 11.6. The van der Waals surface area contributed by atoms with Crippen molar-refractivity contribution in [2.75, 3.05) is 13.2 Å². The highest BCUT2D eigenvalue weighted by atomic mass is 35.5. The number of nitrogens with zero attached hydrogens (tertiary/aromatic N) is 1. The fraction of sp³-hybridized carbons (Fsp3) is 0.385. The van der Waals surface area contributed by atoms with E-state index in [1.807, 2.05) is 24.3 Å². The zero-order chi connectivity index (χ0) is 23.0. The quantitative estimate of drug-likeness (QED) is 0.390. The smallest absolute Gasteiger partial charge is 0.295 e. The van der Waals surface area contributed by atoms with Gasteiger partial charge in [-0.3, -0.25) is 9.59 Å². The van der Waals surface area contributed by atoms with Crippen molar-refractivity contribution in [1.82, 2.24) is 4.90 Å². The number of amides is 1. The third kappa shape index (κ3) is 4.32. The van der Waals surface area contributed by atoms with Gasteiger partial charge in [-0.05, 0) is 53.6 Å². The molecule has 6 heteroatoms. The van der Waals surface area contributed by atoms with Crippen molar-refractivity contribution >= 4 is 29.1 Å². The second-order valence-electron chi connectivity index (χ2n) is 9.47. The van der Waals surface area contributed by atoms with Gasteiger partial charge in [0.25, 0.3) is 11.7 Å². The summed E-state index contributed by atoms with van der Waals surface area (Å²) in [6, 6.07) is 13.8. The fourth-order valence-corrected chi connectivity index (χ4v) is 4.48. The van der Waals surface area contributed by atoms with Crippen LogP contribution in [0.3, 0.4) is 0 Å². The van der Waals surface area contributed by atoms with Crippen LogP contribution in [0.5, 0.6) is 0 Å². The largest absolute Gasteiger partial charge is 0.507 e. The molecule has 5 nitrogen and oxygen atoms in total. The number of carbonyl (C=O) groups excluding carboxylic acids is 2. The third-order valence-corrected chi connectivity index (χ3v) is 6.43. The highest BCUT2D eigenvalue weighted by Gasteiger charge is 2.47. The molecule has 0 unspecified atom stereocenters. The van der Waals surface area contributed by atoms with Gasteiger partial charge in [-0.15, -0.1) is 0 Å². The fourth-order valence-electron chi connectivity index (χ4n) is 4.35. The summed E-state index contributed by atoms with van der Waals surface area (Å²) >= 11 is 5.98. The van der Waals surface area contributed by atoms with E-state index >= 15 is 0 Å². The first-order chi connectivity index (χ1) is 15.2. The minimum atomic E-state index is -0.680. The van der Waals surface area contributed by atoms with Gasteiger partial charge in [0.05, 0.1) is 17.7 Å². The Bertz CT molecular complexity index is 1040. The Morgan fingerprint density at radius 2 is 1.75 bits per heavy atom. The molecule has 0 aromatic heterocycles. The molecular formula is C26H28ClNO4. The number of rotatable bonds is 4. The number of carbonyl (C=O) groups is 2. The molecule has 0 aliphatic carbocycles. The molecule has 0 saturated carbocycles. The predicted molar refractivity (Wildman–Crippen MR) is 125 cm³/mol. The van der Waals surface area contributed by atoms with Crippen molar-refractivity contribution in [2.24, 2.45) is 0 Å². The van der Waals surface area contributed by atoms with E-state index in [4.69, 9.17) is 16.3 Å². The summed E-state index contributed by atoms with van der Waals surface area (Å²) in [6.07, 6.45) is 1.67. The Morgan fingerprint density at radius 1 is 1.09 bits per heavy atom. The van der Waals surface area contributed by atoms with Crippen LogP contribution >= 0.6 is 11.6 Å². The number of aliphatic hydroxyl groups excluding tert-OH is 1. The molecule has 1 N–H and O–H groups in total. The first-order valence-electron chi connectivity index (χ1n) is 10.9. The van der Waals surface area contributed by atoms with Crippen molar-refractivity contribution in [3.8, 4) is 0 Å². The molecule has 2 aliphatic rings. The molecule has 2 aliphatic heterocycles. The summed E-state index contributed by atoms with van der Waals surface area (Å²) in [7, 11) is 0. The van der Waals surface area contributed by atoms with Gasteiger partial charge in [0.2, 0.25) is 0 Å². The number of hydrogen-bond donors (Lipinski definition) is 1. The Hall–Kier alpha value is -2.63. The van der Waals surface area contributed by atoms with Gasteiger partial charge in [0, 0.05) is 23.7 Å². The number of likely N-dealkylation sites (tertiary alicyclic amines) is 1. The van der Waals surface area contributed by atoms with Gasteiger partial charge in [0.1, 0.15) is 5.76 Å².